The van der Waals surface area contributed by atoms with Crippen LogP contribution in [-0.2, 0) is 11.3 Å². The van der Waals surface area contributed by atoms with E-state index in [-0.39, 0.29) is 18.1 Å². The van der Waals surface area contributed by atoms with E-state index >= 15 is 0 Å². The molecule has 1 atom stereocenters. The quantitative estimate of drug-likeness (QED) is 0.532. The summed E-state index contributed by atoms with van der Waals surface area (Å²) in [6.07, 6.45) is 0. The molecule has 1 amide bonds. The van der Waals surface area contributed by atoms with Gasteiger partial charge in [0, 0.05) is 16.6 Å². The second-order valence-corrected chi connectivity index (χ2v) is 7.97. The van der Waals surface area contributed by atoms with E-state index in [2.05, 4.69) is 15.9 Å². The van der Waals surface area contributed by atoms with Gasteiger partial charge < -0.3 is 10.0 Å². The molecule has 5 heteroatoms. The van der Waals surface area contributed by atoms with Crippen LogP contribution in [0.5, 0.6) is 0 Å². The average Bonchev–Trinajstić information content (AvgIpc) is 2.95. The number of hydrogen-bond acceptors (Lipinski definition) is 2. The standard InChI is InChI=1S/C24H19BrFNO2/c1-15-6-10-17(11-7-15)21-22(19-4-2-3-5-20(19)25)27(24(29)23(21)28)14-16-8-12-18(26)13-9-16/h2-13,22,28H,14H2,1H3. The molecule has 3 aromatic carbocycles. The van der Waals surface area contributed by atoms with Crippen LogP contribution in [0.2, 0.25) is 0 Å². The van der Waals surface area contributed by atoms with E-state index in [1.807, 2.05) is 55.5 Å². The van der Waals surface area contributed by atoms with Crippen LogP contribution in [0.15, 0.2) is 83.0 Å². The molecule has 0 aliphatic carbocycles. The fourth-order valence-corrected chi connectivity index (χ4v) is 4.15. The Balaban J connectivity index is 1.83. The summed E-state index contributed by atoms with van der Waals surface area (Å²) in [6.45, 7) is 2.24. The Morgan fingerprint density at radius 3 is 2.31 bits per heavy atom. The van der Waals surface area contributed by atoms with Crippen LogP contribution in [-0.4, -0.2) is 15.9 Å². The molecule has 0 spiro atoms. The Morgan fingerprint density at radius 1 is 1.00 bits per heavy atom. The van der Waals surface area contributed by atoms with Crippen LogP contribution in [0.1, 0.15) is 28.3 Å². The normalized spacial score (nSPS) is 16.6. The third-order valence-corrected chi connectivity index (χ3v) is 5.85. The molecule has 0 fully saturated rings. The second-order valence-electron chi connectivity index (χ2n) is 7.11. The largest absolute Gasteiger partial charge is 0.503 e. The van der Waals surface area contributed by atoms with Gasteiger partial charge in [-0.3, -0.25) is 4.79 Å². The van der Waals surface area contributed by atoms with Gasteiger partial charge in [-0.1, -0.05) is 76.1 Å². The third kappa shape index (κ3) is 3.70. The molecule has 29 heavy (non-hydrogen) atoms. The van der Waals surface area contributed by atoms with Gasteiger partial charge in [0.2, 0.25) is 0 Å². The zero-order chi connectivity index (χ0) is 20.5. The zero-order valence-electron chi connectivity index (χ0n) is 15.8. The summed E-state index contributed by atoms with van der Waals surface area (Å²) in [7, 11) is 0. The van der Waals surface area contributed by atoms with Crippen LogP contribution < -0.4 is 0 Å². The minimum Gasteiger partial charge on any atom is -0.503 e. The Hall–Kier alpha value is -2.92. The van der Waals surface area contributed by atoms with Crippen molar-refractivity contribution >= 4 is 27.4 Å². The van der Waals surface area contributed by atoms with Crippen molar-refractivity contribution in [3.8, 4) is 0 Å². The molecule has 1 aliphatic rings. The number of aryl methyl sites for hydroxylation is 1. The Kier molecular flexibility index (Phi) is 5.24. The molecule has 0 bridgehead atoms. The number of nitrogens with zero attached hydrogens (tertiary/aromatic N) is 1. The molecule has 3 aromatic rings. The third-order valence-electron chi connectivity index (χ3n) is 5.13. The SMILES string of the molecule is Cc1ccc(C2=C(O)C(=O)N(Cc3ccc(F)cc3)C2c2ccccc2Br)cc1. The Bertz CT molecular complexity index is 1090. The molecule has 0 saturated carbocycles. The van der Waals surface area contributed by atoms with Gasteiger partial charge in [-0.2, -0.15) is 0 Å². The summed E-state index contributed by atoms with van der Waals surface area (Å²) < 4.78 is 14.2. The first-order valence-electron chi connectivity index (χ1n) is 9.25. The molecule has 1 aliphatic heterocycles. The highest BCUT2D eigenvalue weighted by Crippen LogP contribution is 2.45. The first-order chi connectivity index (χ1) is 14.0. The molecule has 1 heterocycles. The number of carbonyl (C=O) groups excluding carboxylic acids is 1. The van der Waals surface area contributed by atoms with E-state index in [4.69, 9.17) is 0 Å². The lowest BCUT2D eigenvalue weighted by molar-refractivity contribution is -0.130. The number of benzene rings is 3. The van der Waals surface area contributed by atoms with Crippen LogP contribution in [0.25, 0.3) is 5.57 Å². The summed E-state index contributed by atoms with van der Waals surface area (Å²) in [6, 6.07) is 21.0. The number of aliphatic hydroxyl groups excluding tert-OH is 1. The summed E-state index contributed by atoms with van der Waals surface area (Å²) in [5, 5.41) is 10.8. The van der Waals surface area contributed by atoms with Crippen molar-refractivity contribution in [3.05, 3.63) is 111 Å². The highest BCUT2D eigenvalue weighted by Gasteiger charge is 2.41. The number of halogens is 2. The van der Waals surface area contributed by atoms with E-state index in [1.54, 1.807) is 17.0 Å². The minimum atomic E-state index is -0.467. The molecule has 146 valence electrons. The van der Waals surface area contributed by atoms with Gasteiger partial charge in [0.15, 0.2) is 5.76 Å². The van der Waals surface area contributed by atoms with Crippen molar-refractivity contribution in [2.24, 2.45) is 0 Å². The van der Waals surface area contributed by atoms with Gasteiger partial charge in [-0.15, -0.1) is 0 Å². The van der Waals surface area contributed by atoms with Crippen molar-refractivity contribution in [1.29, 1.82) is 0 Å². The van der Waals surface area contributed by atoms with E-state index in [9.17, 15) is 14.3 Å². The van der Waals surface area contributed by atoms with Gasteiger partial charge >= 0.3 is 0 Å². The van der Waals surface area contributed by atoms with Crippen LogP contribution in [0.3, 0.4) is 0 Å². The molecule has 4 rings (SSSR count). The predicted octanol–water partition coefficient (Wildman–Crippen LogP) is 5.95. The molecule has 0 aromatic heterocycles. The number of aliphatic hydroxyl groups is 1. The van der Waals surface area contributed by atoms with Gasteiger partial charge in [-0.05, 0) is 41.8 Å². The minimum absolute atomic E-state index is 0.253. The molecule has 1 N–H and O–H groups in total. The van der Waals surface area contributed by atoms with Gasteiger partial charge in [0.25, 0.3) is 5.91 Å². The summed E-state index contributed by atoms with van der Waals surface area (Å²) in [5.74, 6) is -1.02. The second kappa shape index (κ2) is 7.84. The van der Waals surface area contributed by atoms with Gasteiger partial charge in [0.05, 0.1) is 6.04 Å². The Labute approximate surface area is 177 Å². The Morgan fingerprint density at radius 2 is 1.66 bits per heavy atom. The fourth-order valence-electron chi connectivity index (χ4n) is 3.65. The number of carbonyl (C=O) groups is 1. The maximum Gasteiger partial charge on any atom is 0.290 e. The zero-order valence-corrected chi connectivity index (χ0v) is 17.4. The fraction of sp³-hybridized carbons (Fsp3) is 0.125. The lowest BCUT2D eigenvalue weighted by Crippen LogP contribution is -2.30. The summed E-state index contributed by atoms with van der Waals surface area (Å²) in [5.41, 5.74) is 4.13. The van der Waals surface area contributed by atoms with Crippen LogP contribution >= 0.6 is 15.9 Å². The van der Waals surface area contributed by atoms with E-state index < -0.39 is 11.9 Å². The maximum atomic E-state index is 13.3. The van der Waals surface area contributed by atoms with E-state index in [1.165, 1.54) is 12.1 Å². The van der Waals surface area contributed by atoms with Crippen molar-refractivity contribution in [2.75, 3.05) is 0 Å². The summed E-state index contributed by atoms with van der Waals surface area (Å²) in [4.78, 5) is 14.7. The van der Waals surface area contributed by atoms with E-state index in [0.29, 0.717) is 5.57 Å². The first kappa shape index (κ1) is 19.4. The van der Waals surface area contributed by atoms with Crippen molar-refractivity contribution in [1.82, 2.24) is 4.90 Å². The molecule has 1 unspecified atom stereocenters. The molecule has 0 radical (unpaired) electrons. The van der Waals surface area contributed by atoms with Crippen molar-refractivity contribution in [3.63, 3.8) is 0 Å². The number of amides is 1. The van der Waals surface area contributed by atoms with Gasteiger partial charge in [-0.25, -0.2) is 4.39 Å². The lowest BCUT2D eigenvalue weighted by Gasteiger charge is -2.28. The molecular weight excluding hydrogens is 433 g/mol. The predicted molar refractivity (Wildman–Crippen MR) is 115 cm³/mol. The molecule has 3 nitrogen and oxygen atoms in total. The topological polar surface area (TPSA) is 40.5 Å². The van der Waals surface area contributed by atoms with Crippen LogP contribution in [0, 0.1) is 12.7 Å². The number of rotatable bonds is 4. The smallest absolute Gasteiger partial charge is 0.290 e. The molecular formula is C24H19BrFNO2. The number of hydrogen-bond donors (Lipinski definition) is 1. The molecule has 0 saturated heterocycles. The van der Waals surface area contributed by atoms with Crippen LogP contribution in [0.4, 0.5) is 4.39 Å². The first-order valence-corrected chi connectivity index (χ1v) is 10.0. The lowest BCUT2D eigenvalue weighted by atomic mass is 9.93. The van der Waals surface area contributed by atoms with Crippen molar-refractivity contribution < 1.29 is 14.3 Å². The van der Waals surface area contributed by atoms with E-state index in [0.717, 1.165) is 26.7 Å². The summed E-state index contributed by atoms with van der Waals surface area (Å²) >= 11 is 3.59. The monoisotopic (exact) mass is 451 g/mol. The highest BCUT2D eigenvalue weighted by molar-refractivity contribution is 9.10. The average molecular weight is 452 g/mol. The highest BCUT2D eigenvalue weighted by atomic mass is 79.9. The van der Waals surface area contributed by atoms with Crippen molar-refractivity contribution in [2.45, 2.75) is 19.5 Å². The van der Waals surface area contributed by atoms with Gasteiger partial charge in [0.1, 0.15) is 5.82 Å². The maximum absolute atomic E-state index is 13.3.